The van der Waals surface area contributed by atoms with Crippen molar-refractivity contribution in [2.45, 2.75) is 13.0 Å². The number of nitrogens with two attached hydrogens (primary N) is 1. The summed E-state index contributed by atoms with van der Waals surface area (Å²) in [6.45, 7) is 2.82. The Morgan fingerprint density at radius 1 is 1.44 bits per heavy atom. The summed E-state index contributed by atoms with van der Waals surface area (Å²) in [6.07, 6.45) is 0. The van der Waals surface area contributed by atoms with Gasteiger partial charge in [0.2, 0.25) is 0 Å². The monoisotopic (exact) mass is 222 g/mol. The Kier molecular flexibility index (Phi) is 5.53. The maximum Gasteiger partial charge on any atom is 0.319 e. The smallest absolute Gasteiger partial charge is 0.319 e. The number of carbonyl (C=O) groups is 1. The van der Waals surface area contributed by atoms with Gasteiger partial charge in [0, 0.05) is 12.6 Å². The zero-order valence-electron chi connectivity index (χ0n) is 9.48. The number of hydrogen-bond donors (Lipinski definition) is 2. The lowest BCUT2D eigenvalue weighted by Gasteiger charge is -2.16. The van der Waals surface area contributed by atoms with Crippen LogP contribution < -0.4 is 11.1 Å². The number of ether oxygens (including phenoxy) is 1. The number of hydrogen-bond acceptors (Lipinski definition) is 4. The molecule has 1 aromatic rings. The Balaban J connectivity index is 2.47. The molecule has 88 valence electrons. The minimum Gasteiger partial charge on any atom is -0.465 e. The first-order chi connectivity index (χ1) is 7.77. The van der Waals surface area contributed by atoms with Gasteiger partial charge in [-0.2, -0.15) is 0 Å². The second-order valence-electron chi connectivity index (χ2n) is 3.38. The molecule has 1 atom stereocenters. The summed E-state index contributed by atoms with van der Waals surface area (Å²) < 4.78 is 4.83. The quantitative estimate of drug-likeness (QED) is 0.700. The third kappa shape index (κ3) is 4.00. The van der Waals surface area contributed by atoms with E-state index in [1.165, 1.54) is 0 Å². The van der Waals surface area contributed by atoms with Gasteiger partial charge >= 0.3 is 5.97 Å². The van der Waals surface area contributed by atoms with Gasteiger partial charge in [-0.15, -0.1) is 0 Å². The Labute approximate surface area is 95.8 Å². The van der Waals surface area contributed by atoms with E-state index in [4.69, 9.17) is 10.5 Å². The van der Waals surface area contributed by atoms with E-state index >= 15 is 0 Å². The van der Waals surface area contributed by atoms with Crippen LogP contribution in [0.1, 0.15) is 18.5 Å². The third-order valence-electron chi connectivity index (χ3n) is 2.24. The predicted octanol–water partition coefficient (Wildman–Crippen LogP) is 0.839. The Morgan fingerprint density at radius 2 is 2.12 bits per heavy atom. The van der Waals surface area contributed by atoms with Crippen LogP contribution in [-0.2, 0) is 9.53 Å². The maximum atomic E-state index is 11.2. The molecular weight excluding hydrogens is 204 g/mol. The number of benzene rings is 1. The molecule has 0 spiro atoms. The van der Waals surface area contributed by atoms with E-state index in [1.807, 2.05) is 30.3 Å². The summed E-state index contributed by atoms with van der Waals surface area (Å²) >= 11 is 0. The lowest BCUT2D eigenvalue weighted by atomic mass is 10.1. The predicted molar refractivity (Wildman–Crippen MR) is 62.9 cm³/mol. The molecule has 0 amide bonds. The number of carbonyl (C=O) groups excluding carboxylic acids is 1. The Morgan fingerprint density at radius 3 is 2.69 bits per heavy atom. The van der Waals surface area contributed by atoms with Crippen LogP contribution in [0.4, 0.5) is 0 Å². The molecule has 0 saturated carbocycles. The van der Waals surface area contributed by atoms with E-state index < -0.39 is 0 Å². The first kappa shape index (κ1) is 12.7. The van der Waals surface area contributed by atoms with Crippen molar-refractivity contribution in [2.75, 3.05) is 19.7 Å². The van der Waals surface area contributed by atoms with E-state index in [1.54, 1.807) is 6.92 Å². The second-order valence-corrected chi connectivity index (χ2v) is 3.38. The van der Waals surface area contributed by atoms with E-state index in [0.29, 0.717) is 13.2 Å². The first-order valence-corrected chi connectivity index (χ1v) is 5.42. The molecule has 3 N–H and O–H groups in total. The van der Waals surface area contributed by atoms with E-state index in [9.17, 15) is 4.79 Å². The summed E-state index contributed by atoms with van der Waals surface area (Å²) in [7, 11) is 0. The second kappa shape index (κ2) is 6.98. The van der Waals surface area contributed by atoms with Crippen molar-refractivity contribution >= 4 is 5.97 Å². The van der Waals surface area contributed by atoms with Crippen molar-refractivity contribution in [3.8, 4) is 0 Å². The molecule has 0 aromatic heterocycles. The van der Waals surface area contributed by atoms with Crippen LogP contribution in [0, 0.1) is 0 Å². The van der Waals surface area contributed by atoms with Crippen LogP contribution in [0.2, 0.25) is 0 Å². The van der Waals surface area contributed by atoms with Crippen LogP contribution in [0.3, 0.4) is 0 Å². The molecule has 1 unspecified atom stereocenters. The topological polar surface area (TPSA) is 64.3 Å². The van der Waals surface area contributed by atoms with Gasteiger partial charge in [-0.1, -0.05) is 30.3 Å². The van der Waals surface area contributed by atoms with Crippen molar-refractivity contribution in [3.63, 3.8) is 0 Å². The fourth-order valence-corrected chi connectivity index (χ4v) is 1.44. The molecule has 4 nitrogen and oxygen atoms in total. The van der Waals surface area contributed by atoms with Crippen molar-refractivity contribution in [2.24, 2.45) is 5.73 Å². The highest BCUT2D eigenvalue weighted by Crippen LogP contribution is 2.10. The van der Waals surface area contributed by atoms with Gasteiger partial charge in [0.25, 0.3) is 0 Å². The highest BCUT2D eigenvalue weighted by atomic mass is 16.5. The van der Waals surface area contributed by atoms with Gasteiger partial charge in [-0.25, -0.2) is 0 Å². The summed E-state index contributed by atoms with van der Waals surface area (Å²) in [5, 5.41) is 3.07. The lowest BCUT2D eigenvalue weighted by Crippen LogP contribution is -2.33. The minimum atomic E-state index is -0.253. The molecule has 0 saturated heterocycles. The third-order valence-corrected chi connectivity index (χ3v) is 2.24. The highest BCUT2D eigenvalue weighted by molar-refractivity contribution is 5.71. The molecule has 0 aliphatic heterocycles. The van der Waals surface area contributed by atoms with Gasteiger partial charge in [-0.05, 0) is 12.5 Å². The summed E-state index contributed by atoms with van der Waals surface area (Å²) in [5.41, 5.74) is 6.73. The normalized spacial score (nSPS) is 12.1. The summed E-state index contributed by atoms with van der Waals surface area (Å²) in [5.74, 6) is -0.253. The Hall–Kier alpha value is -1.39. The van der Waals surface area contributed by atoms with Gasteiger partial charge < -0.3 is 10.5 Å². The van der Waals surface area contributed by atoms with Crippen LogP contribution in [0.5, 0.6) is 0 Å². The van der Waals surface area contributed by atoms with Crippen molar-refractivity contribution < 1.29 is 9.53 Å². The average molecular weight is 222 g/mol. The molecule has 0 bridgehead atoms. The van der Waals surface area contributed by atoms with E-state index in [0.717, 1.165) is 5.56 Å². The zero-order valence-corrected chi connectivity index (χ0v) is 9.48. The molecule has 0 aliphatic carbocycles. The summed E-state index contributed by atoms with van der Waals surface area (Å²) in [4.78, 5) is 11.2. The molecule has 1 rings (SSSR count). The standard InChI is InChI=1S/C12H18N2O2/c1-2-16-12(15)9-14-11(8-13)10-6-4-3-5-7-10/h3-7,11,14H,2,8-9,13H2,1H3. The zero-order chi connectivity index (χ0) is 11.8. The first-order valence-electron chi connectivity index (χ1n) is 5.42. The van der Waals surface area contributed by atoms with Crippen LogP contribution in [0.25, 0.3) is 0 Å². The fraction of sp³-hybridized carbons (Fsp3) is 0.417. The van der Waals surface area contributed by atoms with Gasteiger partial charge in [0.1, 0.15) is 0 Å². The molecule has 1 aromatic carbocycles. The molecule has 0 fully saturated rings. The molecule has 4 heteroatoms. The van der Waals surface area contributed by atoms with Crippen LogP contribution in [0.15, 0.2) is 30.3 Å². The van der Waals surface area contributed by atoms with E-state index in [2.05, 4.69) is 5.32 Å². The van der Waals surface area contributed by atoms with Gasteiger partial charge in [0.15, 0.2) is 0 Å². The van der Waals surface area contributed by atoms with E-state index in [-0.39, 0.29) is 18.6 Å². The van der Waals surface area contributed by atoms with Crippen LogP contribution >= 0.6 is 0 Å². The maximum absolute atomic E-state index is 11.2. The molecule has 0 radical (unpaired) electrons. The Bertz CT molecular complexity index is 314. The number of rotatable bonds is 6. The van der Waals surface area contributed by atoms with Gasteiger partial charge in [0.05, 0.1) is 13.2 Å². The largest absolute Gasteiger partial charge is 0.465 e. The van der Waals surface area contributed by atoms with Crippen molar-refractivity contribution in [1.29, 1.82) is 0 Å². The molecule has 0 aliphatic rings. The number of esters is 1. The average Bonchev–Trinajstić information content (AvgIpc) is 2.31. The molecular formula is C12H18N2O2. The SMILES string of the molecule is CCOC(=O)CNC(CN)c1ccccc1. The lowest BCUT2D eigenvalue weighted by molar-refractivity contribution is -0.142. The minimum absolute atomic E-state index is 0.00870. The van der Waals surface area contributed by atoms with Crippen molar-refractivity contribution in [1.82, 2.24) is 5.32 Å². The summed E-state index contributed by atoms with van der Waals surface area (Å²) in [6, 6.07) is 9.80. The van der Waals surface area contributed by atoms with Crippen LogP contribution in [-0.4, -0.2) is 25.7 Å². The molecule has 16 heavy (non-hydrogen) atoms. The highest BCUT2D eigenvalue weighted by Gasteiger charge is 2.10. The molecule has 0 heterocycles. The van der Waals surface area contributed by atoms with Crippen molar-refractivity contribution in [3.05, 3.63) is 35.9 Å². The number of nitrogens with one attached hydrogen (secondary N) is 1. The van der Waals surface area contributed by atoms with Gasteiger partial charge in [-0.3, -0.25) is 10.1 Å². The fourth-order valence-electron chi connectivity index (χ4n) is 1.44.